The van der Waals surface area contributed by atoms with Gasteiger partial charge in [0.2, 0.25) is 0 Å². The van der Waals surface area contributed by atoms with Gasteiger partial charge in [-0.25, -0.2) is 0 Å². The van der Waals surface area contributed by atoms with Gasteiger partial charge in [-0.1, -0.05) is 41.9 Å². The lowest BCUT2D eigenvalue weighted by molar-refractivity contribution is -0.0812. The first kappa shape index (κ1) is 17.0. The zero-order valence-corrected chi connectivity index (χ0v) is 14.4. The third kappa shape index (κ3) is 2.92. The SMILES string of the molecule is Cc1c(Cl)c(C(=O)N2CCO[C@H](CO)[C@H]2c2ccccc2)nn1C. The maximum absolute atomic E-state index is 13.1. The van der Waals surface area contributed by atoms with Gasteiger partial charge < -0.3 is 14.7 Å². The number of carbonyl (C=O) groups excluding carboxylic acids is 1. The third-order valence-electron chi connectivity index (χ3n) is 4.40. The van der Waals surface area contributed by atoms with Gasteiger partial charge in [0.25, 0.3) is 5.91 Å². The zero-order chi connectivity index (χ0) is 17.3. The molecule has 1 saturated heterocycles. The Bertz CT molecular complexity index is 732. The molecular formula is C17H20ClN3O3. The minimum absolute atomic E-state index is 0.168. The highest BCUT2D eigenvalue weighted by atomic mass is 35.5. The number of aromatic nitrogens is 2. The highest BCUT2D eigenvalue weighted by molar-refractivity contribution is 6.34. The number of aliphatic hydroxyl groups is 1. The van der Waals surface area contributed by atoms with Crippen LogP contribution in [0, 0.1) is 6.92 Å². The molecule has 1 N–H and O–H groups in total. The van der Waals surface area contributed by atoms with Crippen molar-refractivity contribution in [2.75, 3.05) is 19.8 Å². The molecule has 0 aliphatic carbocycles. The third-order valence-corrected chi connectivity index (χ3v) is 4.85. The number of rotatable bonds is 3. The topological polar surface area (TPSA) is 67.6 Å². The summed E-state index contributed by atoms with van der Waals surface area (Å²) in [5, 5.41) is 14.3. The fourth-order valence-electron chi connectivity index (χ4n) is 3.01. The van der Waals surface area contributed by atoms with Crippen molar-refractivity contribution in [1.82, 2.24) is 14.7 Å². The van der Waals surface area contributed by atoms with E-state index in [0.29, 0.717) is 18.2 Å². The van der Waals surface area contributed by atoms with E-state index in [1.165, 1.54) is 0 Å². The van der Waals surface area contributed by atoms with E-state index in [4.69, 9.17) is 16.3 Å². The number of benzene rings is 1. The number of hydrogen-bond donors (Lipinski definition) is 1. The van der Waals surface area contributed by atoms with Crippen LogP contribution in [0.2, 0.25) is 5.02 Å². The van der Waals surface area contributed by atoms with Crippen molar-refractivity contribution in [3.8, 4) is 0 Å². The van der Waals surface area contributed by atoms with Gasteiger partial charge >= 0.3 is 0 Å². The molecule has 1 fully saturated rings. The van der Waals surface area contributed by atoms with E-state index in [0.717, 1.165) is 11.3 Å². The molecule has 2 atom stereocenters. The fraction of sp³-hybridized carbons (Fsp3) is 0.412. The molecule has 0 unspecified atom stereocenters. The van der Waals surface area contributed by atoms with Gasteiger partial charge in [0.1, 0.15) is 6.10 Å². The summed E-state index contributed by atoms with van der Waals surface area (Å²) in [7, 11) is 1.75. The molecule has 1 aromatic carbocycles. The van der Waals surface area contributed by atoms with Gasteiger partial charge in [-0.05, 0) is 12.5 Å². The van der Waals surface area contributed by atoms with Crippen molar-refractivity contribution in [1.29, 1.82) is 0 Å². The van der Waals surface area contributed by atoms with E-state index in [1.807, 2.05) is 37.3 Å². The van der Waals surface area contributed by atoms with Crippen molar-refractivity contribution in [3.63, 3.8) is 0 Å². The maximum Gasteiger partial charge on any atom is 0.276 e. The molecule has 0 bridgehead atoms. The number of nitrogens with zero attached hydrogens (tertiary/aromatic N) is 3. The van der Waals surface area contributed by atoms with E-state index in [2.05, 4.69) is 5.10 Å². The van der Waals surface area contributed by atoms with Gasteiger partial charge in [-0.15, -0.1) is 0 Å². The monoisotopic (exact) mass is 349 g/mol. The number of amides is 1. The summed E-state index contributed by atoms with van der Waals surface area (Å²) in [6.45, 7) is 2.43. The van der Waals surface area contributed by atoms with Crippen LogP contribution in [-0.2, 0) is 11.8 Å². The van der Waals surface area contributed by atoms with Crippen molar-refractivity contribution in [2.45, 2.75) is 19.1 Å². The molecule has 1 aromatic heterocycles. The summed E-state index contributed by atoms with van der Waals surface area (Å²) in [6, 6.07) is 9.18. The van der Waals surface area contributed by atoms with Crippen LogP contribution in [0.5, 0.6) is 0 Å². The first-order chi connectivity index (χ1) is 11.5. The minimum Gasteiger partial charge on any atom is -0.394 e. The lowest BCUT2D eigenvalue weighted by Crippen LogP contribution is -2.49. The van der Waals surface area contributed by atoms with E-state index < -0.39 is 6.10 Å². The van der Waals surface area contributed by atoms with E-state index in [1.54, 1.807) is 16.6 Å². The van der Waals surface area contributed by atoms with Crippen LogP contribution in [-0.4, -0.2) is 51.6 Å². The Morgan fingerprint density at radius 2 is 2.12 bits per heavy atom. The number of carbonyl (C=O) groups is 1. The number of hydrogen-bond acceptors (Lipinski definition) is 4. The predicted molar refractivity (Wildman–Crippen MR) is 90.0 cm³/mol. The van der Waals surface area contributed by atoms with Gasteiger partial charge in [-0.3, -0.25) is 9.48 Å². The van der Waals surface area contributed by atoms with Gasteiger partial charge in [0.15, 0.2) is 5.69 Å². The Kier molecular flexibility index (Phi) is 4.89. The van der Waals surface area contributed by atoms with E-state index in [9.17, 15) is 9.90 Å². The molecule has 7 heteroatoms. The Hall–Kier alpha value is -1.89. The molecule has 0 saturated carbocycles. The number of aryl methyl sites for hydroxylation is 1. The first-order valence-electron chi connectivity index (χ1n) is 7.82. The first-order valence-corrected chi connectivity index (χ1v) is 8.20. The normalized spacial score (nSPS) is 21.1. The van der Waals surface area contributed by atoms with E-state index >= 15 is 0 Å². The van der Waals surface area contributed by atoms with Crippen molar-refractivity contribution < 1.29 is 14.6 Å². The number of halogens is 1. The molecule has 1 aliphatic heterocycles. The van der Waals surface area contributed by atoms with Crippen molar-refractivity contribution in [3.05, 3.63) is 52.3 Å². The zero-order valence-electron chi connectivity index (χ0n) is 13.6. The molecule has 1 aliphatic rings. The van der Waals surface area contributed by atoms with Crippen LogP contribution in [0.4, 0.5) is 0 Å². The molecule has 6 nitrogen and oxygen atoms in total. The van der Waals surface area contributed by atoms with Crippen LogP contribution in [0.1, 0.15) is 27.8 Å². The lowest BCUT2D eigenvalue weighted by Gasteiger charge is -2.40. The molecule has 128 valence electrons. The molecular weight excluding hydrogens is 330 g/mol. The molecule has 1 amide bonds. The second-order valence-electron chi connectivity index (χ2n) is 5.82. The summed E-state index contributed by atoms with van der Waals surface area (Å²) in [5.41, 5.74) is 1.88. The number of ether oxygens (including phenoxy) is 1. The van der Waals surface area contributed by atoms with Crippen LogP contribution < -0.4 is 0 Å². The largest absolute Gasteiger partial charge is 0.394 e. The average Bonchev–Trinajstić information content (AvgIpc) is 2.88. The van der Waals surface area contributed by atoms with Gasteiger partial charge in [0, 0.05) is 13.6 Å². The highest BCUT2D eigenvalue weighted by Gasteiger charge is 2.38. The second kappa shape index (κ2) is 6.93. The minimum atomic E-state index is -0.478. The summed E-state index contributed by atoms with van der Waals surface area (Å²) in [5.74, 6) is -0.251. The summed E-state index contributed by atoms with van der Waals surface area (Å²) < 4.78 is 7.26. The van der Waals surface area contributed by atoms with Crippen LogP contribution in [0.3, 0.4) is 0 Å². The predicted octanol–water partition coefficient (Wildman–Crippen LogP) is 1.96. The summed E-state index contributed by atoms with van der Waals surface area (Å²) in [4.78, 5) is 14.7. The van der Waals surface area contributed by atoms with Crippen LogP contribution in [0.25, 0.3) is 0 Å². The van der Waals surface area contributed by atoms with Gasteiger partial charge in [-0.2, -0.15) is 5.10 Å². The van der Waals surface area contributed by atoms with Gasteiger partial charge in [0.05, 0.1) is 30.0 Å². The molecule has 24 heavy (non-hydrogen) atoms. The molecule has 2 heterocycles. The summed E-state index contributed by atoms with van der Waals surface area (Å²) in [6.07, 6.45) is -0.478. The number of morpholine rings is 1. The van der Waals surface area contributed by atoms with Crippen molar-refractivity contribution in [2.24, 2.45) is 7.05 Å². The smallest absolute Gasteiger partial charge is 0.276 e. The lowest BCUT2D eigenvalue weighted by atomic mass is 9.98. The summed E-state index contributed by atoms with van der Waals surface area (Å²) >= 11 is 6.28. The Labute approximate surface area is 145 Å². The standard InChI is InChI=1S/C17H20ClN3O3/c1-11-14(18)15(19-20(11)2)17(23)21-8-9-24-13(10-22)16(21)12-6-4-3-5-7-12/h3-7,13,16,22H,8-10H2,1-2H3/t13-,16-/m1/s1. The van der Waals surface area contributed by atoms with Crippen LogP contribution >= 0.6 is 11.6 Å². The maximum atomic E-state index is 13.1. The second-order valence-corrected chi connectivity index (χ2v) is 6.20. The Balaban J connectivity index is 1.99. The highest BCUT2D eigenvalue weighted by Crippen LogP contribution is 2.32. The number of aliphatic hydroxyl groups excluding tert-OH is 1. The molecule has 2 aromatic rings. The average molecular weight is 350 g/mol. The molecule has 3 rings (SSSR count). The quantitative estimate of drug-likeness (QED) is 0.919. The molecule has 0 spiro atoms. The van der Waals surface area contributed by atoms with Crippen LogP contribution in [0.15, 0.2) is 30.3 Å². The molecule has 0 radical (unpaired) electrons. The Morgan fingerprint density at radius 3 is 2.71 bits per heavy atom. The Morgan fingerprint density at radius 1 is 1.42 bits per heavy atom. The fourth-order valence-corrected chi connectivity index (χ4v) is 3.25. The van der Waals surface area contributed by atoms with E-state index in [-0.39, 0.29) is 24.2 Å². The van der Waals surface area contributed by atoms with Crippen molar-refractivity contribution >= 4 is 17.5 Å².